The van der Waals surface area contributed by atoms with Gasteiger partial charge in [-0.25, -0.2) is 4.79 Å². The van der Waals surface area contributed by atoms with Crippen LogP contribution in [0.25, 0.3) is 0 Å². The summed E-state index contributed by atoms with van der Waals surface area (Å²) in [5, 5.41) is 8.28. The lowest BCUT2D eigenvalue weighted by Crippen LogP contribution is -2.63. The number of ether oxygens (including phenoxy) is 3. The van der Waals surface area contributed by atoms with Crippen LogP contribution < -0.4 is 0 Å². The lowest BCUT2D eigenvalue weighted by Gasteiger charge is -2.38. The van der Waals surface area contributed by atoms with Crippen molar-refractivity contribution in [2.75, 3.05) is 6.61 Å². The molecule has 122 valence electrons. The predicted octanol–water partition coefficient (Wildman–Crippen LogP) is 2.23. The summed E-state index contributed by atoms with van der Waals surface area (Å²) in [5.41, 5.74) is 0. The van der Waals surface area contributed by atoms with Crippen molar-refractivity contribution < 1.29 is 24.1 Å². The Morgan fingerprint density at radius 1 is 1.33 bits per heavy atom. The molecule has 0 aromatic rings. The predicted molar refractivity (Wildman–Crippen MR) is 81.5 cm³/mol. The van der Waals surface area contributed by atoms with Gasteiger partial charge in [-0.05, 0) is 13.8 Å². The largest absolute Gasteiger partial charge is 0.457 e. The lowest BCUT2D eigenvalue weighted by molar-refractivity contribution is -0.192. The number of rotatable bonds is 6. The molecule has 21 heavy (non-hydrogen) atoms. The standard InChI is InChI=1S/C15H28O5Si/c1-6-7-10-21(4,5)15-12(19-14(2,3)20-15)11(8-9-16)18-13(15)17/h11-12,16H,6-10H2,1-5H3/t11-,12+,15-/m1/s1. The maximum Gasteiger partial charge on any atom is 0.338 e. The minimum atomic E-state index is -2.07. The second-order valence-corrected chi connectivity index (χ2v) is 12.2. The van der Waals surface area contributed by atoms with Crippen LogP contribution in [0.4, 0.5) is 0 Å². The number of unbranched alkanes of at least 4 members (excludes halogenated alkanes) is 1. The molecule has 0 saturated carbocycles. The summed E-state index contributed by atoms with van der Waals surface area (Å²) in [6, 6.07) is 1.00. The summed E-state index contributed by atoms with van der Waals surface area (Å²) in [4.78, 5) is 12.7. The molecule has 0 amide bonds. The number of cyclic esters (lactones) is 1. The normalized spacial score (nSPS) is 34.9. The van der Waals surface area contributed by atoms with Gasteiger partial charge in [0.2, 0.25) is 0 Å². The first-order chi connectivity index (χ1) is 9.70. The molecule has 2 fully saturated rings. The van der Waals surface area contributed by atoms with E-state index < -0.39 is 31.3 Å². The zero-order valence-corrected chi connectivity index (χ0v) is 14.8. The van der Waals surface area contributed by atoms with E-state index in [9.17, 15) is 9.90 Å². The SMILES string of the molecule is CCCC[Si](C)(C)[C@]12OC(C)(C)O[C@H]1[C@@H](CCO)OC2=O. The second kappa shape index (κ2) is 5.65. The second-order valence-electron chi connectivity index (χ2n) is 7.22. The quantitative estimate of drug-likeness (QED) is 0.601. The Labute approximate surface area is 128 Å². The number of esters is 1. The Morgan fingerprint density at radius 2 is 2.00 bits per heavy atom. The summed E-state index contributed by atoms with van der Waals surface area (Å²) in [6.07, 6.45) is 1.77. The highest BCUT2D eigenvalue weighted by atomic mass is 28.3. The van der Waals surface area contributed by atoms with E-state index >= 15 is 0 Å². The van der Waals surface area contributed by atoms with Crippen LogP contribution in [0.5, 0.6) is 0 Å². The van der Waals surface area contributed by atoms with Crippen molar-refractivity contribution in [3.63, 3.8) is 0 Å². The molecule has 0 aromatic heterocycles. The third-order valence-corrected chi connectivity index (χ3v) is 8.90. The number of fused-ring (bicyclic) bond motifs is 1. The van der Waals surface area contributed by atoms with Crippen LogP contribution in [0.15, 0.2) is 0 Å². The summed E-state index contributed by atoms with van der Waals surface area (Å²) in [6.45, 7) is 10.2. The summed E-state index contributed by atoms with van der Waals surface area (Å²) in [7, 11) is -2.07. The van der Waals surface area contributed by atoms with E-state index in [2.05, 4.69) is 20.0 Å². The van der Waals surface area contributed by atoms with Gasteiger partial charge < -0.3 is 19.3 Å². The van der Waals surface area contributed by atoms with Crippen LogP contribution in [-0.4, -0.2) is 49.0 Å². The van der Waals surface area contributed by atoms with Crippen LogP contribution in [0.2, 0.25) is 19.1 Å². The highest BCUT2D eigenvalue weighted by molar-refractivity contribution is 6.83. The van der Waals surface area contributed by atoms with Crippen molar-refractivity contribution in [2.45, 2.75) is 82.4 Å². The molecule has 2 saturated heterocycles. The van der Waals surface area contributed by atoms with Gasteiger partial charge in [-0.1, -0.05) is 38.9 Å². The number of aliphatic hydroxyl groups excluding tert-OH is 1. The minimum Gasteiger partial charge on any atom is -0.457 e. The third kappa shape index (κ3) is 2.67. The van der Waals surface area contributed by atoms with Crippen molar-refractivity contribution in [2.24, 2.45) is 0 Å². The van der Waals surface area contributed by atoms with Gasteiger partial charge in [0.15, 0.2) is 11.0 Å². The average molecular weight is 316 g/mol. The molecule has 0 bridgehead atoms. The van der Waals surface area contributed by atoms with Gasteiger partial charge in [-0.15, -0.1) is 0 Å². The van der Waals surface area contributed by atoms with E-state index in [1.54, 1.807) is 0 Å². The number of hydrogen-bond acceptors (Lipinski definition) is 5. The van der Waals surface area contributed by atoms with Crippen molar-refractivity contribution in [3.8, 4) is 0 Å². The van der Waals surface area contributed by atoms with Gasteiger partial charge in [0, 0.05) is 13.0 Å². The van der Waals surface area contributed by atoms with Crippen molar-refractivity contribution in [3.05, 3.63) is 0 Å². The third-order valence-electron chi connectivity index (χ3n) is 4.69. The van der Waals surface area contributed by atoms with E-state index in [0.29, 0.717) is 6.42 Å². The molecule has 3 atom stereocenters. The molecule has 1 N–H and O–H groups in total. The van der Waals surface area contributed by atoms with Crippen LogP contribution >= 0.6 is 0 Å². The maximum atomic E-state index is 12.7. The number of carbonyl (C=O) groups is 1. The molecule has 6 heteroatoms. The lowest BCUT2D eigenvalue weighted by atomic mass is 10.1. The first kappa shape index (κ1) is 16.9. The monoisotopic (exact) mass is 316 g/mol. The molecule has 0 unspecified atom stereocenters. The highest BCUT2D eigenvalue weighted by Gasteiger charge is 2.72. The van der Waals surface area contributed by atoms with Gasteiger partial charge in [-0.2, -0.15) is 0 Å². The Kier molecular flexibility index (Phi) is 4.55. The maximum absolute atomic E-state index is 12.7. The molecule has 2 rings (SSSR count). The summed E-state index contributed by atoms with van der Waals surface area (Å²) in [5.74, 6) is -1.07. The first-order valence-electron chi connectivity index (χ1n) is 7.90. The van der Waals surface area contributed by atoms with E-state index in [1.807, 2.05) is 13.8 Å². The molecule has 0 spiro atoms. The van der Waals surface area contributed by atoms with Gasteiger partial charge in [0.25, 0.3) is 0 Å². The Morgan fingerprint density at radius 3 is 2.57 bits per heavy atom. The molecule has 2 aliphatic heterocycles. The zero-order valence-electron chi connectivity index (χ0n) is 13.8. The fourth-order valence-corrected chi connectivity index (χ4v) is 7.34. The van der Waals surface area contributed by atoms with E-state index in [4.69, 9.17) is 14.2 Å². The molecule has 5 nitrogen and oxygen atoms in total. The molecule has 0 aromatic carbocycles. The fourth-order valence-electron chi connectivity index (χ4n) is 3.58. The zero-order chi connectivity index (χ0) is 15.9. The summed E-state index contributed by atoms with van der Waals surface area (Å²) < 4.78 is 17.7. The Bertz CT molecular complexity index is 409. The van der Waals surface area contributed by atoms with E-state index in [-0.39, 0.29) is 12.6 Å². The number of carbonyl (C=O) groups excluding carboxylic acids is 1. The van der Waals surface area contributed by atoms with Gasteiger partial charge in [-0.3, -0.25) is 0 Å². The Hall–Kier alpha value is -0.433. The average Bonchev–Trinajstić information content (AvgIpc) is 2.81. The molecule has 2 aliphatic rings. The summed E-state index contributed by atoms with van der Waals surface area (Å²) >= 11 is 0. The van der Waals surface area contributed by atoms with Crippen molar-refractivity contribution in [1.29, 1.82) is 0 Å². The van der Waals surface area contributed by atoms with Crippen molar-refractivity contribution >= 4 is 14.0 Å². The Balaban J connectivity index is 2.38. The van der Waals surface area contributed by atoms with Gasteiger partial charge in [0.05, 0.1) is 0 Å². The smallest absolute Gasteiger partial charge is 0.338 e. The van der Waals surface area contributed by atoms with E-state index in [1.165, 1.54) is 0 Å². The molecule has 0 aliphatic carbocycles. The van der Waals surface area contributed by atoms with E-state index in [0.717, 1.165) is 18.9 Å². The van der Waals surface area contributed by atoms with Crippen LogP contribution in [0.3, 0.4) is 0 Å². The first-order valence-corrected chi connectivity index (χ1v) is 11.1. The highest BCUT2D eigenvalue weighted by Crippen LogP contribution is 2.50. The molecule has 2 heterocycles. The van der Waals surface area contributed by atoms with Crippen LogP contribution in [0.1, 0.15) is 40.0 Å². The van der Waals surface area contributed by atoms with Gasteiger partial charge in [0.1, 0.15) is 20.3 Å². The van der Waals surface area contributed by atoms with Crippen LogP contribution in [-0.2, 0) is 19.0 Å². The number of hydrogen-bond donors (Lipinski definition) is 1. The fraction of sp³-hybridized carbons (Fsp3) is 0.933. The van der Waals surface area contributed by atoms with Gasteiger partial charge >= 0.3 is 5.97 Å². The number of aliphatic hydroxyl groups is 1. The minimum absolute atomic E-state index is 0.0226. The molecular formula is C15H28O5Si. The molecule has 0 radical (unpaired) electrons. The van der Waals surface area contributed by atoms with Crippen LogP contribution in [0, 0.1) is 0 Å². The van der Waals surface area contributed by atoms with Crippen molar-refractivity contribution in [1.82, 2.24) is 0 Å². The topological polar surface area (TPSA) is 65.0 Å². The molecular weight excluding hydrogens is 288 g/mol.